The minimum Gasteiger partial charge on any atom is -0.495 e. The third-order valence-corrected chi connectivity index (χ3v) is 6.29. The normalized spacial score (nSPS) is 10.8. The van der Waals surface area contributed by atoms with E-state index in [9.17, 15) is 4.79 Å². The molecule has 0 N–H and O–H groups in total. The number of rotatable bonds is 9. The zero-order valence-electron chi connectivity index (χ0n) is 17.0. The summed E-state index contributed by atoms with van der Waals surface area (Å²) in [6.45, 7) is 1.52. The van der Waals surface area contributed by atoms with Gasteiger partial charge in [0.1, 0.15) is 21.7 Å². The summed E-state index contributed by atoms with van der Waals surface area (Å²) in [6, 6.07) is 7.67. The van der Waals surface area contributed by atoms with Gasteiger partial charge in [0.15, 0.2) is 5.13 Å². The van der Waals surface area contributed by atoms with Gasteiger partial charge in [-0.1, -0.05) is 17.4 Å². The van der Waals surface area contributed by atoms with E-state index in [0.29, 0.717) is 23.8 Å². The van der Waals surface area contributed by atoms with E-state index >= 15 is 0 Å². The van der Waals surface area contributed by atoms with Gasteiger partial charge in [-0.05, 0) is 50.6 Å². The van der Waals surface area contributed by atoms with Crippen LogP contribution in [0.5, 0.6) is 11.5 Å². The van der Waals surface area contributed by atoms with Gasteiger partial charge in [0.05, 0.1) is 20.6 Å². The SMILES string of the molecule is COc1ccc(OC)c2sc(N(CCCN(C)C)C(=O)Cc3cccs3)nc12.Cl. The number of thiophene rings is 1. The van der Waals surface area contributed by atoms with Gasteiger partial charge < -0.3 is 14.4 Å². The van der Waals surface area contributed by atoms with Gasteiger partial charge >= 0.3 is 0 Å². The maximum Gasteiger partial charge on any atom is 0.234 e. The number of hydrogen-bond donors (Lipinski definition) is 0. The molecule has 0 atom stereocenters. The number of benzene rings is 1. The first kappa shape index (κ1) is 23.4. The first-order valence-electron chi connectivity index (χ1n) is 9.02. The molecule has 0 aliphatic rings. The van der Waals surface area contributed by atoms with E-state index < -0.39 is 0 Å². The standard InChI is InChI=1S/C20H25N3O3S2.ClH/c1-22(2)10-6-11-23(17(24)13-14-7-5-12-27-14)20-21-18-15(25-3)8-9-16(26-4)19(18)28-20;/h5,7-9,12H,6,10-11,13H2,1-4H3;1H. The highest BCUT2D eigenvalue weighted by molar-refractivity contribution is 7.22. The van der Waals surface area contributed by atoms with Crippen LogP contribution < -0.4 is 14.4 Å². The molecule has 0 aliphatic heterocycles. The maximum absolute atomic E-state index is 13.1. The summed E-state index contributed by atoms with van der Waals surface area (Å²) in [4.78, 5) is 22.8. The highest BCUT2D eigenvalue weighted by atomic mass is 35.5. The molecule has 0 spiro atoms. The number of fused-ring (bicyclic) bond motifs is 1. The summed E-state index contributed by atoms with van der Waals surface area (Å²) in [5.41, 5.74) is 0.725. The summed E-state index contributed by atoms with van der Waals surface area (Å²) in [5, 5.41) is 2.67. The molecule has 0 fully saturated rings. The monoisotopic (exact) mass is 455 g/mol. The fraction of sp³-hybridized carbons (Fsp3) is 0.400. The second kappa shape index (κ2) is 10.8. The van der Waals surface area contributed by atoms with Crippen molar-refractivity contribution in [2.75, 3.05) is 46.3 Å². The molecule has 6 nitrogen and oxygen atoms in total. The van der Waals surface area contributed by atoms with E-state index in [2.05, 4.69) is 4.90 Å². The number of methoxy groups -OCH3 is 2. The van der Waals surface area contributed by atoms with Crippen LogP contribution in [0.3, 0.4) is 0 Å². The summed E-state index contributed by atoms with van der Waals surface area (Å²) in [5.74, 6) is 1.47. The predicted molar refractivity (Wildman–Crippen MR) is 124 cm³/mol. The Balaban J connectivity index is 0.00000300. The van der Waals surface area contributed by atoms with Crippen LogP contribution in [0.15, 0.2) is 29.6 Å². The van der Waals surface area contributed by atoms with E-state index in [-0.39, 0.29) is 18.3 Å². The molecular weight excluding hydrogens is 430 g/mol. The Morgan fingerprint density at radius 1 is 1.10 bits per heavy atom. The molecule has 3 aromatic rings. The molecule has 3 rings (SSSR count). The molecule has 2 aromatic heterocycles. The number of anilines is 1. The van der Waals surface area contributed by atoms with Crippen molar-refractivity contribution < 1.29 is 14.3 Å². The lowest BCUT2D eigenvalue weighted by Gasteiger charge is -2.20. The van der Waals surface area contributed by atoms with E-state index in [1.807, 2.05) is 43.7 Å². The average Bonchev–Trinajstić information content (AvgIpc) is 3.33. The van der Waals surface area contributed by atoms with Crippen molar-refractivity contribution >= 4 is 56.3 Å². The van der Waals surface area contributed by atoms with Crippen molar-refractivity contribution in [3.63, 3.8) is 0 Å². The lowest BCUT2D eigenvalue weighted by molar-refractivity contribution is -0.118. The van der Waals surface area contributed by atoms with Crippen LogP contribution >= 0.6 is 35.1 Å². The number of ether oxygens (including phenoxy) is 2. The molecule has 0 saturated heterocycles. The van der Waals surface area contributed by atoms with Crippen LogP contribution in [0.2, 0.25) is 0 Å². The lowest BCUT2D eigenvalue weighted by atomic mass is 10.3. The van der Waals surface area contributed by atoms with Crippen LogP contribution in [0.1, 0.15) is 11.3 Å². The van der Waals surface area contributed by atoms with Crippen molar-refractivity contribution in [3.05, 3.63) is 34.5 Å². The zero-order valence-corrected chi connectivity index (χ0v) is 19.5. The number of hydrogen-bond acceptors (Lipinski definition) is 7. The Morgan fingerprint density at radius 2 is 1.83 bits per heavy atom. The molecule has 9 heteroatoms. The van der Waals surface area contributed by atoms with Gasteiger partial charge in [0.2, 0.25) is 5.91 Å². The summed E-state index contributed by atoms with van der Waals surface area (Å²) in [6.07, 6.45) is 1.25. The first-order chi connectivity index (χ1) is 13.5. The predicted octanol–water partition coefficient (Wildman–Crippen LogP) is 4.32. The van der Waals surface area contributed by atoms with Gasteiger partial charge in [0.25, 0.3) is 0 Å². The minimum absolute atomic E-state index is 0. The van der Waals surface area contributed by atoms with E-state index in [4.69, 9.17) is 14.5 Å². The Morgan fingerprint density at radius 3 is 2.45 bits per heavy atom. The second-order valence-electron chi connectivity index (χ2n) is 6.60. The molecule has 0 radical (unpaired) electrons. The number of carbonyl (C=O) groups excluding carboxylic acids is 1. The highest BCUT2D eigenvalue weighted by Gasteiger charge is 2.22. The number of nitrogens with zero attached hydrogens (tertiary/aromatic N) is 3. The topological polar surface area (TPSA) is 54.9 Å². The molecule has 2 heterocycles. The van der Waals surface area contributed by atoms with Crippen molar-refractivity contribution in [1.82, 2.24) is 9.88 Å². The Bertz CT molecular complexity index is 888. The van der Waals surface area contributed by atoms with Crippen molar-refractivity contribution in [2.24, 2.45) is 0 Å². The van der Waals surface area contributed by atoms with Gasteiger partial charge in [-0.15, -0.1) is 23.7 Å². The molecular formula is C20H26ClN3O3S2. The van der Waals surface area contributed by atoms with Crippen LogP contribution in [-0.2, 0) is 11.2 Å². The van der Waals surface area contributed by atoms with E-state index in [1.54, 1.807) is 30.5 Å². The molecule has 1 amide bonds. The number of halogens is 1. The van der Waals surface area contributed by atoms with Gasteiger partial charge in [-0.3, -0.25) is 9.69 Å². The molecule has 1 aromatic carbocycles. The summed E-state index contributed by atoms with van der Waals surface area (Å²) >= 11 is 3.06. The number of aromatic nitrogens is 1. The first-order valence-corrected chi connectivity index (χ1v) is 10.7. The van der Waals surface area contributed by atoms with E-state index in [1.165, 1.54) is 11.3 Å². The zero-order chi connectivity index (χ0) is 20.1. The molecule has 0 bridgehead atoms. The number of thiazole rings is 1. The average molecular weight is 456 g/mol. The molecule has 0 saturated carbocycles. The lowest BCUT2D eigenvalue weighted by Crippen LogP contribution is -2.34. The quantitative estimate of drug-likeness (QED) is 0.480. The smallest absolute Gasteiger partial charge is 0.234 e. The number of amides is 1. The fourth-order valence-corrected chi connectivity index (χ4v) is 4.73. The van der Waals surface area contributed by atoms with Crippen LogP contribution in [0.25, 0.3) is 10.2 Å². The maximum atomic E-state index is 13.1. The van der Waals surface area contributed by atoms with Gasteiger partial charge in [-0.25, -0.2) is 4.98 Å². The van der Waals surface area contributed by atoms with Crippen molar-refractivity contribution in [1.29, 1.82) is 0 Å². The van der Waals surface area contributed by atoms with E-state index in [0.717, 1.165) is 33.8 Å². The Kier molecular flexibility index (Phi) is 8.70. The van der Waals surface area contributed by atoms with Gasteiger partial charge in [0, 0.05) is 11.4 Å². The fourth-order valence-electron chi connectivity index (χ4n) is 2.92. The molecule has 0 aliphatic carbocycles. The third-order valence-electron chi connectivity index (χ3n) is 4.32. The number of carbonyl (C=O) groups is 1. The largest absolute Gasteiger partial charge is 0.495 e. The summed E-state index contributed by atoms with van der Waals surface area (Å²) < 4.78 is 11.8. The van der Waals surface area contributed by atoms with Crippen LogP contribution in [0, 0.1) is 0 Å². The highest BCUT2D eigenvalue weighted by Crippen LogP contribution is 2.40. The third kappa shape index (κ3) is 5.60. The second-order valence-corrected chi connectivity index (χ2v) is 8.61. The van der Waals surface area contributed by atoms with Crippen molar-refractivity contribution in [3.8, 4) is 11.5 Å². The molecule has 158 valence electrons. The van der Waals surface area contributed by atoms with Crippen LogP contribution in [0.4, 0.5) is 5.13 Å². The van der Waals surface area contributed by atoms with Gasteiger partial charge in [-0.2, -0.15) is 0 Å². The minimum atomic E-state index is 0. The Labute approximate surface area is 185 Å². The van der Waals surface area contributed by atoms with Crippen molar-refractivity contribution in [2.45, 2.75) is 12.8 Å². The molecule has 0 unspecified atom stereocenters. The summed E-state index contributed by atoms with van der Waals surface area (Å²) in [7, 11) is 7.32. The molecule has 29 heavy (non-hydrogen) atoms. The van der Waals surface area contributed by atoms with Crippen LogP contribution in [-0.4, -0.2) is 57.2 Å². The Hall–Kier alpha value is -1.87.